The molecule has 0 unspecified atom stereocenters. The van der Waals surface area contributed by atoms with Crippen LogP contribution in [0.4, 0.5) is 86.2 Å². The highest BCUT2D eigenvalue weighted by Gasteiger charge is 2.09. The van der Waals surface area contributed by atoms with E-state index in [0.717, 1.165) is 73.8 Å². The molecule has 14 N–H and O–H groups in total. The highest BCUT2D eigenvalue weighted by atomic mass is 35.5. The van der Waals surface area contributed by atoms with Gasteiger partial charge in [-0.15, -0.1) is 0 Å². The van der Waals surface area contributed by atoms with E-state index < -0.39 is 0 Å². The molecule has 0 bridgehead atoms. The van der Waals surface area contributed by atoms with Crippen LogP contribution in [0, 0.1) is 55.4 Å². The highest BCUT2D eigenvalue weighted by molar-refractivity contribution is 6.32. The summed E-state index contributed by atoms with van der Waals surface area (Å²) in [6, 6.07) is 54.1. The molecule has 0 saturated carbocycles. The largest absolute Gasteiger partial charge is 0.399 e. The molecule has 525 valence electrons. The Bertz CT molecular complexity index is 4120. The summed E-state index contributed by atoms with van der Waals surface area (Å²) in [7, 11) is 0. The number of nitrogens with zero attached hydrogens (tertiary/aromatic N) is 8. The molecule has 7 aromatic carbocycles. The summed E-state index contributed by atoms with van der Waals surface area (Å²) in [6.07, 6.45) is 8.06. The third kappa shape index (κ3) is 33.6. The summed E-state index contributed by atoms with van der Waals surface area (Å²) in [5.74, 6) is 2.97. The molecule has 0 aliphatic heterocycles. The lowest BCUT2D eigenvalue weighted by Gasteiger charge is -2.12. The molecule has 3 radical (unpaired) electrons. The van der Waals surface area contributed by atoms with Crippen molar-refractivity contribution in [1.82, 2.24) is 39.9 Å². The lowest BCUT2D eigenvalue weighted by atomic mass is 10.2. The van der Waals surface area contributed by atoms with E-state index in [2.05, 4.69) is 110 Å². The number of carbonyl (C=O) groups excluding carboxylic acids is 1. The number of nitrogen functional groups attached to an aromatic ring is 4. The van der Waals surface area contributed by atoms with Crippen LogP contribution in [0.1, 0.15) is 96.5 Å². The van der Waals surface area contributed by atoms with Gasteiger partial charge < -0.3 is 54.8 Å². The number of carbonyl (C=O) groups is 1. The molecule has 11 aromatic rings. The van der Waals surface area contributed by atoms with Crippen molar-refractivity contribution in [2.45, 2.75) is 107 Å². The second-order valence-corrected chi connectivity index (χ2v) is 21.5. The minimum absolute atomic E-state index is 0. The molecule has 0 saturated heterocycles. The number of benzene rings is 7. The molecule has 4 aromatic heterocycles. The second-order valence-electron chi connectivity index (χ2n) is 20.5. The van der Waals surface area contributed by atoms with Gasteiger partial charge in [-0.3, -0.25) is 4.79 Å². The van der Waals surface area contributed by atoms with Gasteiger partial charge in [0, 0.05) is 112 Å². The molecule has 11 rings (SSSR count). The molecule has 23 heteroatoms. The molecule has 0 fully saturated rings. The fourth-order valence-corrected chi connectivity index (χ4v) is 8.20. The average Bonchev–Trinajstić information content (AvgIpc) is 0.854. The maximum Gasteiger partial charge on any atom is 0.247 e. The zero-order valence-electron chi connectivity index (χ0n) is 52.3. The van der Waals surface area contributed by atoms with Gasteiger partial charge in [-0.25, -0.2) is 29.9 Å². The smallest absolute Gasteiger partial charge is 0.247 e. The number of nitrogens with two attached hydrogens (primary N) is 4. The van der Waals surface area contributed by atoms with Crippen molar-refractivity contribution < 1.29 is 4.79 Å². The molecule has 19 nitrogen and oxygen atoms in total. The zero-order valence-corrected chi connectivity index (χ0v) is 54.5. The van der Waals surface area contributed by atoms with Crippen molar-refractivity contribution in [2.75, 3.05) is 54.8 Å². The van der Waals surface area contributed by atoms with Crippen LogP contribution in [0.3, 0.4) is 0 Å². The fraction of sp³-hybridized carbons (Fsp3) is 0.197. The third-order valence-corrected chi connectivity index (χ3v) is 13.0. The molecule has 99 heavy (non-hydrogen) atoms. The highest BCUT2D eigenvalue weighted by Crippen LogP contribution is 2.26. The third-order valence-electron chi connectivity index (χ3n) is 12.3. The number of hydrogen-bond donors (Lipinski definition) is 10. The Labute approximate surface area is 606 Å². The minimum atomic E-state index is -0.261. The quantitative estimate of drug-likeness (QED) is 0.0179. The fourth-order valence-electron chi connectivity index (χ4n) is 7.76. The number of aromatic nitrogens is 8. The first kappa shape index (κ1) is 92.4. The van der Waals surface area contributed by atoms with Crippen LogP contribution in [-0.4, -0.2) is 54.2 Å². The number of halogens is 3. The van der Waals surface area contributed by atoms with Crippen LogP contribution in [0.2, 0.25) is 15.7 Å². The molecular weight excluding hydrogens is 1300 g/mol. The molecule has 0 aliphatic carbocycles. The Balaban J connectivity index is -0.00000116. The average molecular weight is 1400 g/mol. The Morgan fingerprint density at radius 2 is 0.667 bits per heavy atom. The summed E-state index contributed by atoms with van der Waals surface area (Å²) >= 11 is 16.7. The molecular formula is C76H101BCl3N18O. The van der Waals surface area contributed by atoms with Crippen LogP contribution >= 0.6 is 34.8 Å². The Morgan fingerprint density at radius 3 is 1.01 bits per heavy atom. The van der Waals surface area contributed by atoms with E-state index in [9.17, 15) is 4.79 Å². The van der Waals surface area contributed by atoms with Gasteiger partial charge in [0.15, 0.2) is 0 Å². The minimum Gasteiger partial charge on any atom is -0.399 e. The van der Waals surface area contributed by atoms with E-state index in [1.807, 2.05) is 164 Å². The lowest BCUT2D eigenvalue weighted by molar-refractivity contribution is -0.111. The first-order chi connectivity index (χ1) is 43.5. The van der Waals surface area contributed by atoms with E-state index in [-0.39, 0.29) is 76.9 Å². The predicted octanol–water partition coefficient (Wildman–Crippen LogP) is 21.0. The van der Waals surface area contributed by atoms with E-state index in [1.165, 1.54) is 28.3 Å². The van der Waals surface area contributed by atoms with Crippen molar-refractivity contribution in [3.05, 3.63) is 268 Å². The number of aryl methyl sites for hydroxylation is 8. The van der Waals surface area contributed by atoms with Crippen LogP contribution in [0.5, 0.6) is 0 Å². The van der Waals surface area contributed by atoms with Gasteiger partial charge in [-0.05, 0) is 210 Å². The van der Waals surface area contributed by atoms with Gasteiger partial charge in [0.2, 0.25) is 28.4 Å². The first-order valence-electron chi connectivity index (χ1n) is 28.2. The second kappa shape index (κ2) is 47.2. The maximum absolute atomic E-state index is 11.4. The monoisotopic (exact) mass is 1400 g/mol. The molecule has 1 amide bonds. The van der Waals surface area contributed by atoms with Gasteiger partial charge in [-0.1, -0.05) is 137 Å². The summed E-state index contributed by atoms with van der Waals surface area (Å²) in [4.78, 5) is 44.7. The van der Waals surface area contributed by atoms with Gasteiger partial charge >= 0.3 is 0 Å². The number of amides is 1. The van der Waals surface area contributed by atoms with Gasteiger partial charge in [0.05, 0.1) is 0 Å². The molecule has 0 atom stereocenters. The lowest BCUT2D eigenvalue weighted by Crippen LogP contribution is -2.07. The Kier molecular flexibility index (Phi) is 44.0. The Morgan fingerprint density at radius 1 is 0.364 bits per heavy atom. The van der Waals surface area contributed by atoms with Gasteiger partial charge in [-0.2, -0.15) is 9.97 Å². The molecule has 0 spiro atoms. The first-order valence-corrected chi connectivity index (χ1v) is 29.4. The Hall–Kier alpha value is -10.8. The van der Waals surface area contributed by atoms with E-state index >= 15 is 0 Å². The van der Waals surface area contributed by atoms with Crippen molar-refractivity contribution in [3.63, 3.8) is 0 Å². The number of hydrogen-bond acceptors (Lipinski definition) is 18. The summed E-state index contributed by atoms with van der Waals surface area (Å²) in [5, 5.41) is 19.8. The molecule has 0 aliphatic rings. The van der Waals surface area contributed by atoms with Crippen LogP contribution < -0.4 is 54.8 Å². The van der Waals surface area contributed by atoms with Crippen LogP contribution in [0.15, 0.2) is 207 Å². The standard InChI is InChI=1S/C21H21N5O.C18H19N5.C12H12ClN3.C7H9N.C6H8N2.C5H4Cl2N2.7CH4.B/c1-4-19(27)23-17-9-6-10-18(12-17)25-21-22-13-15(3)20(26-21)24-16-8-5-7-14(2)11-16;1-12-5-3-7-15(9-12)21-17-13(2)11-20-18(23-17)22-16-8-4-6-14(19)10-16;1-8-4-3-5-10(6-8)15-11-9(2)7-14-12(13)16-11;1-6-3-2-4-7(8)5-6;7-5-2-1-3-6(8)4-5;1-3-2-8-5(7)9-4(3)6;;;;;;;;/h4-13H,1H2,2-3H3,(H,23,27)(H2,22,24,25,26);3-11H,19H2,1-2H3,(H2,20,21,22,23);3-7H,1-2H3,(H,14,15,16);2-5H,8H2,1H3;1-4H,7-8H2;2H,1H3;7*1H4;. The summed E-state index contributed by atoms with van der Waals surface area (Å²) in [5.41, 5.74) is 38.7. The topological polar surface area (TPSA) is 296 Å². The zero-order chi connectivity index (χ0) is 65.8. The van der Waals surface area contributed by atoms with Crippen molar-refractivity contribution in [3.8, 4) is 0 Å². The van der Waals surface area contributed by atoms with Crippen molar-refractivity contribution in [2.24, 2.45) is 0 Å². The number of rotatable bonds is 12. The van der Waals surface area contributed by atoms with Crippen LogP contribution in [0.25, 0.3) is 0 Å². The van der Waals surface area contributed by atoms with Crippen LogP contribution in [-0.2, 0) is 4.79 Å². The number of anilines is 15. The SMILES string of the molecule is C.C.C.C.C.C.C.C=CC(=O)Nc1cccc(Nc2ncc(C)c(Nc3cccc(C)c3)n2)c1.Cc1cccc(N)c1.Cc1cccc(Nc2nc(Cl)ncc2C)c1.Cc1cccc(Nc2nc(Nc3cccc(N)c3)ncc2C)c1.Cc1cnc(Cl)nc1Cl.Nc1cccc(N)c1.[B]. The van der Waals surface area contributed by atoms with E-state index in [4.69, 9.17) is 57.7 Å². The van der Waals surface area contributed by atoms with Crippen molar-refractivity contribution in [1.29, 1.82) is 0 Å². The van der Waals surface area contributed by atoms with Gasteiger partial charge in [0.1, 0.15) is 22.6 Å². The van der Waals surface area contributed by atoms with E-state index in [0.29, 0.717) is 39.8 Å². The van der Waals surface area contributed by atoms with Gasteiger partial charge in [0.25, 0.3) is 0 Å². The van der Waals surface area contributed by atoms with Crippen molar-refractivity contribution >= 4 is 135 Å². The maximum atomic E-state index is 11.4. The number of nitrogens with one attached hydrogen (secondary N) is 6. The summed E-state index contributed by atoms with van der Waals surface area (Å²) in [6.45, 7) is 19.3. The summed E-state index contributed by atoms with van der Waals surface area (Å²) < 4.78 is 0. The normalized spacial score (nSPS) is 9.16. The van der Waals surface area contributed by atoms with E-state index in [1.54, 1.807) is 55.1 Å². The predicted molar refractivity (Wildman–Crippen MR) is 432 cm³/mol. The molecule has 4 heterocycles.